The highest BCUT2D eigenvalue weighted by molar-refractivity contribution is 7.99. The first kappa shape index (κ1) is 23.2. The second-order valence-corrected chi connectivity index (χ2v) is 8.37. The maximum Gasteiger partial charge on any atom is 0.230 e. The van der Waals surface area contributed by atoms with E-state index in [1.807, 2.05) is 53.1 Å². The minimum Gasteiger partial charge on any atom is -0.351 e. The molecule has 4 aromatic rings. The fraction of sp³-hybridized carbons (Fsp3) is 0.120. The van der Waals surface area contributed by atoms with Gasteiger partial charge >= 0.3 is 0 Å². The lowest BCUT2D eigenvalue weighted by atomic mass is 10.2. The molecule has 0 aliphatic rings. The third-order valence-electron chi connectivity index (χ3n) is 4.82. The van der Waals surface area contributed by atoms with Crippen LogP contribution in [0.2, 0.25) is 0 Å². The summed E-state index contributed by atoms with van der Waals surface area (Å²) in [6, 6.07) is 22.9. The van der Waals surface area contributed by atoms with Crippen molar-refractivity contribution >= 4 is 29.3 Å². The Morgan fingerprint density at radius 1 is 0.971 bits per heavy atom. The molecule has 1 heterocycles. The van der Waals surface area contributed by atoms with Gasteiger partial charge < -0.3 is 10.6 Å². The summed E-state index contributed by atoms with van der Waals surface area (Å²) in [7, 11) is 0. The van der Waals surface area contributed by atoms with Crippen molar-refractivity contribution in [3.63, 3.8) is 0 Å². The number of nitrogens with zero attached hydrogens (tertiary/aromatic N) is 3. The fourth-order valence-electron chi connectivity index (χ4n) is 3.30. The molecule has 0 radical (unpaired) electrons. The Morgan fingerprint density at radius 2 is 1.74 bits per heavy atom. The van der Waals surface area contributed by atoms with Crippen molar-refractivity contribution in [2.75, 3.05) is 11.1 Å². The number of amides is 2. The smallest absolute Gasteiger partial charge is 0.230 e. The number of para-hydroxylation sites is 1. The van der Waals surface area contributed by atoms with Crippen molar-refractivity contribution < 1.29 is 14.0 Å². The van der Waals surface area contributed by atoms with Gasteiger partial charge in [0.25, 0.3) is 0 Å². The molecule has 1 aromatic heterocycles. The van der Waals surface area contributed by atoms with Gasteiger partial charge in [-0.05, 0) is 54.1 Å². The van der Waals surface area contributed by atoms with Gasteiger partial charge in [-0.2, -0.15) is 0 Å². The lowest BCUT2D eigenvalue weighted by molar-refractivity contribution is -0.118. The van der Waals surface area contributed by atoms with E-state index < -0.39 is 0 Å². The van der Waals surface area contributed by atoms with Crippen LogP contribution in [0.5, 0.6) is 0 Å². The number of halogens is 1. The number of aromatic nitrogens is 3. The van der Waals surface area contributed by atoms with Crippen molar-refractivity contribution in [3.05, 3.63) is 90.2 Å². The minimum absolute atomic E-state index is 0.139. The van der Waals surface area contributed by atoms with E-state index in [1.165, 1.54) is 30.8 Å². The van der Waals surface area contributed by atoms with E-state index in [-0.39, 0.29) is 23.4 Å². The van der Waals surface area contributed by atoms with Gasteiger partial charge in [-0.25, -0.2) is 4.39 Å². The number of anilines is 1. The van der Waals surface area contributed by atoms with E-state index in [2.05, 4.69) is 20.8 Å². The zero-order valence-electron chi connectivity index (χ0n) is 18.4. The molecule has 2 N–H and O–H groups in total. The molecular weight excluding hydrogens is 453 g/mol. The number of hydrogen-bond acceptors (Lipinski definition) is 5. The fourth-order valence-corrected chi connectivity index (χ4v) is 4.09. The van der Waals surface area contributed by atoms with E-state index in [0.29, 0.717) is 28.8 Å². The number of carbonyl (C=O) groups excluding carboxylic acids is 2. The van der Waals surface area contributed by atoms with Gasteiger partial charge in [-0.15, -0.1) is 10.2 Å². The second kappa shape index (κ2) is 10.8. The Balaban J connectivity index is 1.46. The topological polar surface area (TPSA) is 88.9 Å². The van der Waals surface area contributed by atoms with E-state index in [9.17, 15) is 14.0 Å². The van der Waals surface area contributed by atoms with Gasteiger partial charge in [0.15, 0.2) is 11.0 Å². The summed E-state index contributed by atoms with van der Waals surface area (Å²) >= 11 is 1.26. The van der Waals surface area contributed by atoms with Crippen LogP contribution in [0.1, 0.15) is 12.5 Å². The van der Waals surface area contributed by atoms with E-state index in [0.717, 1.165) is 11.3 Å². The molecule has 9 heteroatoms. The van der Waals surface area contributed by atoms with Crippen molar-refractivity contribution in [3.8, 4) is 17.1 Å². The Morgan fingerprint density at radius 3 is 2.47 bits per heavy atom. The molecule has 3 aromatic carbocycles. The molecule has 0 aliphatic heterocycles. The van der Waals surface area contributed by atoms with Crippen molar-refractivity contribution in [1.82, 2.24) is 20.1 Å². The Labute approximate surface area is 200 Å². The van der Waals surface area contributed by atoms with Crippen LogP contribution in [0.3, 0.4) is 0 Å². The average Bonchev–Trinajstić information content (AvgIpc) is 3.26. The SMILES string of the molecule is CC(=O)Nc1cccc(CNC(=O)CSc2nnc(-c3ccc(F)cc3)n2-c2ccccc2)c1. The van der Waals surface area contributed by atoms with Crippen LogP contribution in [0, 0.1) is 5.82 Å². The predicted molar refractivity (Wildman–Crippen MR) is 130 cm³/mol. The summed E-state index contributed by atoms with van der Waals surface area (Å²) in [5, 5.41) is 14.7. The zero-order chi connectivity index (χ0) is 23.9. The highest BCUT2D eigenvalue weighted by atomic mass is 32.2. The molecule has 172 valence electrons. The van der Waals surface area contributed by atoms with Crippen LogP contribution in [-0.4, -0.2) is 32.3 Å². The lowest BCUT2D eigenvalue weighted by Gasteiger charge is -2.11. The first-order valence-corrected chi connectivity index (χ1v) is 11.5. The quantitative estimate of drug-likeness (QED) is 0.368. The summed E-state index contributed by atoms with van der Waals surface area (Å²) in [5.41, 5.74) is 3.10. The summed E-state index contributed by atoms with van der Waals surface area (Å²) in [6.07, 6.45) is 0. The molecule has 0 unspecified atom stereocenters. The van der Waals surface area contributed by atoms with Crippen molar-refractivity contribution in [1.29, 1.82) is 0 Å². The van der Waals surface area contributed by atoms with Gasteiger partial charge in [-0.3, -0.25) is 14.2 Å². The summed E-state index contributed by atoms with van der Waals surface area (Å²) in [6.45, 7) is 1.78. The number of hydrogen-bond donors (Lipinski definition) is 2. The first-order chi connectivity index (χ1) is 16.5. The Bertz CT molecular complexity index is 1290. The maximum atomic E-state index is 13.4. The molecule has 0 atom stereocenters. The molecule has 4 rings (SSSR count). The minimum atomic E-state index is -0.330. The number of carbonyl (C=O) groups is 2. The standard InChI is InChI=1S/C25H22FN5O2S/c1-17(32)28-21-7-5-6-18(14-21)15-27-23(33)16-34-25-30-29-24(19-10-12-20(26)13-11-19)31(25)22-8-3-2-4-9-22/h2-14H,15-16H2,1H3,(H,27,33)(H,28,32). The van der Waals surface area contributed by atoms with Gasteiger partial charge in [0.05, 0.1) is 5.75 Å². The number of rotatable bonds is 8. The highest BCUT2D eigenvalue weighted by Gasteiger charge is 2.17. The molecule has 0 aliphatic carbocycles. The van der Waals surface area contributed by atoms with Crippen LogP contribution >= 0.6 is 11.8 Å². The van der Waals surface area contributed by atoms with Crippen LogP contribution < -0.4 is 10.6 Å². The van der Waals surface area contributed by atoms with Gasteiger partial charge in [0.2, 0.25) is 11.8 Å². The summed E-state index contributed by atoms with van der Waals surface area (Å²) in [5.74, 6) is 0.0491. The maximum absolute atomic E-state index is 13.4. The lowest BCUT2D eigenvalue weighted by Crippen LogP contribution is -2.24. The van der Waals surface area contributed by atoms with Gasteiger partial charge in [0.1, 0.15) is 5.82 Å². The van der Waals surface area contributed by atoms with Gasteiger partial charge in [0, 0.05) is 30.4 Å². The summed E-state index contributed by atoms with van der Waals surface area (Å²) in [4.78, 5) is 23.7. The highest BCUT2D eigenvalue weighted by Crippen LogP contribution is 2.28. The number of nitrogens with one attached hydrogen (secondary N) is 2. The van der Waals surface area contributed by atoms with E-state index >= 15 is 0 Å². The average molecular weight is 476 g/mol. The summed E-state index contributed by atoms with van der Waals surface area (Å²) < 4.78 is 15.3. The number of thioether (sulfide) groups is 1. The van der Waals surface area contributed by atoms with E-state index in [1.54, 1.807) is 18.2 Å². The van der Waals surface area contributed by atoms with Gasteiger partial charge in [-0.1, -0.05) is 42.1 Å². The number of benzene rings is 3. The zero-order valence-corrected chi connectivity index (χ0v) is 19.2. The molecule has 0 bridgehead atoms. The van der Waals surface area contributed by atoms with Crippen LogP contribution in [0.25, 0.3) is 17.1 Å². The van der Waals surface area contributed by atoms with Crippen LogP contribution in [0.4, 0.5) is 10.1 Å². The molecular formula is C25H22FN5O2S. The van der Waals surface area contributed by atoms with Crippen molar-refractivity contribution in [2.24, 2.45) is 0 Å². The second-order valence-electron chi connectivity index (χ2n) is 7.43. The van der Waals surface area contributed by atoms with Crippen LogP contribution in [0.15, 0.2) is 84.0 Å². The molecule has 0 fully saturated rings. The predicted octanol–water partition coefficient (Wildman–Crippen LogP) is 4.44. The normalized spacial score (nSPS) is 10.6. The molecule has 34 heavy (non-hydrogen) atoms. The van der Waals surface area contributed by atoms with E-state index in [4.69, 9.17) is 0 Å². The molecule has 0 saturated carbocycles. The Kier molecular flexibility index (Phi) is 7.34. The molecule has 0 spiro atoms. The molecule has 2 amide bonds. The monoisotopic (exact) mass is 475 g/mol. The van der Waals surface area contributed by atoms with Crippen LogP contribution in [-0.2, 0) is 16.1 Å². The Hall–Kier alpha value is -3.98. The third-order valence-corrected chi connectivity index (χ3v) is 5.75. The largest absolute Gasteiger partial charge is 0.351 e. The van der Waals surface area contributed by atoms with Crippen molar-refractivity contribution in [2.45, 2.75) is 18.6 Å². The third kappa shape index (κ3) is 5.87. The molecule has 0 saturated heterocycles. The first-order valence-electron chi connectivity index (χ1n) is 10.5. The molecule has 7 nitrogen and oxygen atoms in total.